The Morgan fingerprint density at radius 2 is 1.85 bits per heavy atom. The number of hydrogen-bond donors (Lipinski definition) is 0. The van der Waals surface area contributed by atoms with Crippen molar-refractivity contribution in [2.45, 2.75) is 63.8 Å². The zero-order chi connectivity index (χ0) is 18.6. The predicted molar refractivity (Wildman–Crippen MR) is 104 cm³/mol. The second-order valence-corrected chi connectivity index (χ2v) is 7.99. The number of likely N-dealkylation sites (tertiary alicyclic amines) is 2. The molecule has 0 saturated carbocycles. The standard InChI is InChI=1S/C21H29ClN2O2/c1-2-14-23-15-4-12-21(20(23)26)13-5-16-24(21)19(25)7-3-6-17-8-10-18(22)11-9-17/h8-11H,2-7,12-16H2,1H3. The molecule has 0 radical (unpaired) electrons. The minimum absolute atomic E-state index is 0.142. The summed E-state index contributed by atoms with van der Waals surface area (Å²) in [4.78, 5) is 29.9. The van der Waals surface area contributed by atoms with Gasteiger partial charge >= 0.3 is 0 Å². The number of halogens is 1. The molecule has 2 aliphatic heterocycles. The van der Waals surface area contributed by atoms with Crippen molar-refractivity contribution in [2.24, 2.45) is 0 Å². The Hall–Kier alpha value is -1.55. The van der Waals surface area contributed by atoms with Crippen molar-refractivity contribution in [1.29, 1.82) is 0 Å². The van der Waals surface area contributed by atoms with Crippen molar-refractivity contribution >= 4 is 23.4 Å². The summed E-state index contributed by atoms with van der Waals surface area (Å²) in [6.07, 6.45) is 6.74. The third-order valence-electron chi connectivity index (χ3n) is 5.76. The van der Waals surface area contributed by atoms with E-state index in [9.17, 15) is 9.59 Å². The molecule has 2 saturated heterocycles. The molecule has 0 bridgehead atoms. The molecule has 5 heteroatoms. The molecular formula is C21H29ClN2O2. The van der Waals surface area contributed by atoms with Crippen LogP contribution in [0.1, 0.15) is 57.4 Å². The Morgan fingerprint density at radius 3 is 2.54 bits per heavy atom. The average molecular weight is 377 g/mol. The number of amides is 2. The molecule has 1 spiro atoms. The number of rotatable bonds is 6. The Balaban J connectivity index is 1.60. The molecule has 4 nitrogen and oxygen atoms in total. The normalized spacial score (nSPS) is 23.1. The summed E-state index contributed by atoms with van der Waals surface area (Å²) in [5.41, 5.74) is 0.645. The fraction of sp³-hybridized carbons (Fsp3) is 0.619. The van der Waals surface area contributed by atoms with Crippen LogP contribution in [0.5, 0.6) is 0 Å². The lowest BCUT2D eigenvalue weighted by atomic mass is 9.85. The lowest BCUT2D eigenvalue weighted by molar-refractivity contribution is -0.155. The van der Waals surface area contributed by atoms with E-state index in [0.29, 0.717) is 6.42 Å². The van der Waals surface area contributed by atoms with Crippen LogP contribution in [0.3, 0.4) is 0 Å². The first-order chi connectivity index (χ1) is 12.6. The monoisotopic (exact) mass is 376 g/mol. The van der Waals surface area contributed by atoms with Gasteiger partial charge in [0, 0.05) is 31.1 Å². The Bertz CT molecular complexity index is 644. The van der Waals surface area contributed by atoms with Gasteiger partial charge in [0.15, 0.2) is 0 Å². The fourth-order valence-electron chi connectivity index (χ4n) is 4.50. The van der Waals surface area contributed by atoms with Crippen LogP contribution in [0.15, 0.2) is 24.3 Å². The van der Waals surface area contributed by atoms with Crippen LogP contribution in [0.2, 0.25) is 5.02 Å². The van der Waals surface area contributed by atoms with E-state index in [2.05, 4.69) is 6.92 Å². The van der Waals surface area contributed by atoms with E-state index in [1.807, 2.05) is 34.1 Å². The predicted octanol–water partition coefficient (Wildman–Crippen LogP) is 4.06. The molecule has 3 rings (SSSR count). The van der Waals surface area contributed by atoms with Crippen LogP contribution in [-0.4, -0.2) is 46.8 Å². The molecule has 2 fully saturated rings. The molecule has 0 aromatic heterocycles. The van der Waals surface area contributed by atoms with Crippen LogP contribution >= 0.6 is 11.6 Å². The highest BCUT2D eigenvalue weighted by Gasteiger charge is 2.52. The molecule has 26 heavy (non-hydrogen) atoms. The third-order valence-corrected chi connectivity index (χ3v) is 6.01. The number of aryl methyl sites for hydroxylation is 1. The van der Waals surface area contributed by atoms with Gasteiger partial charge in [-0.15, -0.1) is 0 Å². The third kappa shape index (κ3) is 3.90. The molecular weight excluding hydrogens is 348 g/mol. The van der Waals surface area contributed by atoms with Crippen molar-refractivity contribution in [3.05, 3.63) is 34.9 Å². The van der Waals surface area contributed by atoms with Crippen LogP contribution in [0, 0.1) is 0 Å². The second kappa shape index (κ2) is 8.43. The second-order valence-electron chi connectivity index (χ2n) is 7.56. The minimum Gasteiger partial charge on any atom is -0.341 e. The topological polar surface area (TPSA) is 40.6 Å². The number of piperidine rings is 1. The van der Waals surface area contributed by atoms with E-state index in [-0.39, 0.29) is 11.8 Å². The molecule has 2 aliphatic rings. The fourth-order valence-corrected chi connectivity index (χ4v) is 4.63. The van der Waals surface area contributed by atoms with E-state index in [0.717, 1.165) is 69.6 Å². The zero-order valence-electron chi connectivity index (χ0n) is 15.7. The average Bonchev–Trinajstić information content (AvgIpc) is 3.05. The molecule has 1 atom stereocenters. The lowest BCUT2D eigenvalue weighted by Gasteiger charge is -2.44. The quantitative estimate of drug-likeness (QED) is 0.751. The van der Waals surface area contributed by atoms with Gasteiger partial charge in [0.1, 0.15) is 5.54 Å². The van der Waals surface area contributed by atoms with Crippen LogP contribution in [0.25, 0.3) is 0 Å². The summed E-state index contributed by atoms with van der Waals surface area (Å²) < 4.78 is 0. The molecule has 0 aliphatic carbocycles. The molecule has 1 unspecified atom stereocenters. The maximum Gasteiger partial charge on any atom is 0.248 e. The lowest BCUT2D eigenvalue weighted by Crippen LogP contribution is -2.61. The summed E-state index contributed by atoms with van der Waals surface area (Å²) in [5.74, 6) is 0.331. The first-order valence-corrected chi connectivity index (χ1v) is 10.3. The van der Waals surface area contributed by atoms with Gasteiger partial charge in [-0.2, -0.15) is 0 Å². The summed E-state index contributed by atoms with van der Waals surface area (Å²) in [6.45, 7) is 4.47. The SMILES string of the molecule is CCCN1CCCC2(CCCN2C(=O)CCCc2ccc(Cl)cc2)C1=O. The first-order valence-electron chi connectivity index (χ1n) is 9.91. The van der Waals surface area contributed by atoms with E-state index >= 15 is 0 Å². The Morgan fingerprint density at radius 1 is 1.15 bits per heavy atom. The Labute approximate surface area is 161 Å². The highest BCUT2D eigenvalue weighted by molar-refractivity contribution is 6.30. The summed E-state index contributed by atoms with van der Waals surface area (Å²) >= 11 is 5.92. The number of carbonyl (C=O) groups excluding carboxylic acids is 2. The highest BCUT2D eigenvalue weighted by atomic mass is 35.5. The van der Waals surface area contributed by atoms with Crippen molar-refractivity contribution in [1.82, 2.24) is 9.80 Å². The summed E-state index contributed by atoms with van der Waals surface area (Å²) in [5, 5.41) is 0.733. The van der Waals surface area contributed by atoms with Crippen molar-refractivity contribution < 1.29 is 9.59 Å². The van der Waals surface area contributed by atoms with Gasteiger partial charge in [0.25, 0.3) is 0 Å². The van der Waals surface area contributed by atoms with Crippen molar-refractivity contribution in [3.63, 3.8) is 0 Å². The van der Waals surface area contributed by atoms with Gasteiger partial charge in [-0.05, 0) is 62.6 Å². The van der Waals surface area contributed by atoms with E-state index in [4.69, 9.17) is 11.6 Å². The molecule has 1 aromatic carbocycles. The minimum atomic E-state index is -0.551. The maximum absolute atomic E-state index is 13.1. The number of nitrogens with zero attached hydrogens (tertiary/aromatic N) is 2. The van der Waals surface area contributed by atoms with Crippen molar-refractivity contribution in [3.8, 4) is 0 Å². The largest absolute Gasteiger partial charge is 0.341 e. The van der Waals surface area contributed by atoms with Crippen LogP contribution < -0.4 is 0 Å². The van der Waals surface area contributed by atoms with Crippen molar-refractivity contribution in [2.75, 3.05) is 19.6 Å². The van der Waals surface area contributed by atoms with E-state index in [1.165, 1.54) is 5.56 Å². The highest BCUT2D eigenvalue weighted by Crippen LogP contribution is 2.38. The van der Waals surface area contributed by atoms with Gasteiger partial charge in [0.2, 0.25) is 11.8 Å². The summed E-state index contributed by atoms with van der Waals surface area (Å²) in [6, 6.07) is 7.79. The van der Waals surface area contributed by atoms with Gasteiger partial charge in [0.05, 0.1) is 0 Å². The zero-order valence-corrected chi connectivity index (χ0v) is 16.4. The number of benzene rings is 1. The smallest absolute Gasteiger partial charge is 0.248 e. The van der Waals surface area contributed by atoms with Gasteiger partial charge in [-0.3, -0.25) is 9.59 Å². The first kappa shape index (κ1) is 19.2. The van der Waals surface area contributed by atoms with Crippen LogP contribution in [0.4, 0.5) is 0 Å². The molecule has 1 aromatic rings. The Kier molecular flexibility index (Phi) is 6.23. The van der Waals surface area contributed by atoms with E-state index < -0.39 is 5.54 Å². The molecule has 0 N–H and O–H groups in total. The molecule has 2 heterocycles. The van der Waals surface area contributed by atoms with Gasteiger partial charge in [-0.1, -0.05) is 30.7 Å². The number of hydrogen-bond acceptors (Lipinski definition) is 2. The maximum atomic E-state index is 13.1. The van der Waals surface area contributed by atoms with Gasteiger partial charge < -0.3 is 9.80 Å². The summed E-state index contributed by atoms with van der Waals surface area (Å²) in [7, 11) is 0. The number of carbonyl (C=O) groups is 2. The van der Waals surface area contributed by atoms with Gasteiger partial charge in [-0.25, -0.2) is 0 Å². The molecule has 142 valence electrons. The molecule has 2 amide bonds. The van der Waals surface area contributed by atoms with E-state index in [1.54, 1.807) is 0 Å². The van der Waals surface area contributed by atoms with Crippen LogP contribution in [-0.2, 0) is 16.0 Å².